The molecular formula is C92H89ClF9N7O17. The summed E-state index contributed by atoms with van der Waals surface area (Å²) in [6.07, 6.45) is -2.89. The fraction of sp³-hybridized carbons (Fsp3) is 0.315. The molecule has 7 aromatic heterocycles. The van der Waals surface area contributed by atoms with Crippen LogP contribution in [0.5, 0.6) is 34.5 Å². The van der Waals surface area contributed by atoms with Crippen LogP contribution in [0.1, 0.15) is 123 Å². The molecule has 34 heteroatoms. The summed E-state index contributed by atoms with van der Waals surface area (Å²) in [4.78, 5) is 44.6. The minimum Gasteiger partial charge on any atom is -0.497 e. The lowest BCUT2D eigenvalue weighted by Crippen LogP contribution is -2.37. The third kappa shape index (κ3) is 21.5. The van der Waals surface area contributed by atoms with Gasteiger partial charge < -0.3 is 80.7 Å². The van der Waals surface area contributed by atoms with Crippen LogP contribution in [0.15, 0.2) is 184 Å². The Balaban J connectivity index is 0.000000154. The number of halogens is 10. The molecule has 15 aromatic rings. The topological polar surface area (TPSA) is 302 Å². The molecule has 0 amide bonds. The number of methoxy groups -OCH3 is 1. The number of carboxylic acid groups (broad SMARTS) is 4. The van der Waals surface area contributed by atoms with Gasteiger partial charge in [0.2, 0.25) is 0 Å². The van der Waals surface area contributed by atoms with Crippen LogP contribution < -0.4 is 28.4 Å². The molecule has 0 aliphatic rings. The van der Waals surface area contributed by atoms with E-state index in [1.165, 1.54) is 36.4 Å². The van der Waals surface area contributed by atoms with E-state index < -0.39 is 71.7 Å². The van der Waals surface area contributed by atoms with E-state index in [1.807, 2.05) is 142 Å². The van der Waals surface area contributed by atoms with Gasteiger partial charge in [-0.2, -0.15) is 39.5 Å². The summed E-state index contributed by atoms with van der Waals surface area (Å²) >= 11 is 5.93. The van der Waals surface area contributed by atoms with Gasteiger partial charge in [-0.1, -0.05) is 104 Å². The Morgan fingerprint density at radius 3 is 1.52 bits per heavy atom. The monoisotopic (exact) mass is 1770 g/mol. The van der Waals surface area contributed by atoms with Crippen LogP contribution in [0, 0.1) is 6.92 Å². The van der Waals surface area contributed by atoms with Crippen LogP contribution in [-0.2, 0) is 96.0 Å². The van der Waals surface area contributed by atoms with E-state index in [9.17, 15) is 68.9 Å². The summed E-state index contributed by atoms with van der Waals surface area (Å²) in [7, 11) is 1.56. The van der Waals surface area contributed by atoms with Crippen molar-refractivity contribution in [2.24, 2.45) is 0 Å². The average molecular weight is 1770 g/mol. The van der Waals surface area contributed by atoms with Gasteiger partial charge in [0.1, 0.15) is 41.0 Å². The molecule has 0 saturated carbocycles. The van der Waals surface area contributed by atoms with Gasteiger partial charge in [0.15, 0.2) is 46.0 Å². The number of aryl methyl sites for hydroxylation is 5. The number of rotatable bonds is 33. The Morgan fingerprint density at radius 1 is 0.468 bits per heavy atom. The summed E-state index contributed by atoms with van der Waals surface area (Å²) in [5.74, 6) is -0.801. The highest BCUT2D eigenvalue weighted by Crippen LogP contribution is 2.43. The van der Waals surface area contributed by atoms with E-state index in [0.717, 1.165) is 66.0 Å². The van der Waals surface area contributed by atoms with E-state index in [1.54, 1.807) is 49.9 Å². The molecule has 15 rings (SSSR count). The number of aliphatic carboxylic acids is 4. The number of para-hydroxylation sites is 1. The van der Waals surface area contributed by atoms with Gasteiger partial charge in [-0.15, -0.1) is 0 Å². The number of hydrogen-bond donors (Lipinski definition) is 4. The molecule has 24 nitrogen and oxygen atoms in total. The van der Waals surface area contributed by atoms with Gasteiger partial charge in [-0.05, 0) is 184 Å². The third-order valence-corrected chi connectivity index (χ3v) is 21.1. The number of nitrogens with zero attached hydrogens (tertiary/aromatic N) is 7. The minimum absolute atomic E-state index is 0.0666. The fourth-order valence-electron chi connectivity index (χ4n) is 14.9. The summed E-state index contributed by atoms with van der Waals surface area (Å²) < 4.78 is 176. The zero-order chi connectivity index (χ0) is 90.5. The smallest absolute Gasteiger partial charge is 0.437 e. The quantitative estimate of drug-likeness (QED) is 0.0219. The normalized spacial score (nSPS) is 11.9. The fourth-order valence-corrected chi connectivity index (χ4v) is 15.1. The standard InChI is InChI=1S/C26H27F3N2O5.C24H23F3N2O5.C23H21F3N2O4.C19H18ClNO3/c1-4-6-17-22(10-8-18-24(17)36-30-25(18)26(27,28)29)35-12-5-11-31-15(2)19(14-23(32)33)20-13-16(34-3)7-9-21(20)31;1-2-4-17-20(8-7-18-22(17)34-28-23(18)24(25,26)27)32-12-3-10-29-11-9-15-5-6-16(13-19(15)29)33-14-21(30)31;1-2-5-16-19(9-8-17-21(16)32-27-22(17)23(24,25)26)31-11-10-14-12-28(13-20(29)30)18-7-4-3-6-15(14)18;1-19(2,18(22)23)24-17-5-3-4-16-15(17)10-11-21(16)12-13-6-8-14(20)9-7-13/h7-10,13H,4-6,11-12,14H2,1-3H3,(H,32,33);5-9,11,13H,2-4,10,12,14H2,1H3,(H,30,31);3-4,6-9,12H,2,5,10-11,13H2,1H3,(H,29,30);3-11H,12H2,1-2H3,(H,22,23). The number of alkyl halides is 9. The van der Waals surface area contributed by atoms with Crippen LogP contribution in [0.3, 0.4) is 0 Å². The van der Waals surface area contributed by atoms with Crippen molar-refractivity contribution in [1.82, 2.24) is 33.7 Å². The van der Waals surface area contributed by atoms with E-state index in [0.29, 0.717) is 147 Å². The van der Waals surface area contributed by atoms with Gasteiger partial charge in [0.25, 0.3) is 0 Å². The van der Waals surface area contributed by atoms with Crippen LogP contribution in [-0.4, -0.2) is 117 Å². The summed E-state index contributed by atoms with van der Waals surface area (Å²) in [6, 6.07) is 44.3. The van der Waals surface area contributed by atoms with E-state index in [2.05, 4.69) is 24.6 Å². The Kier molecular flexibility index (Phi) is 28.9. The first-order valence-corrected chi connectivity index (χ1v) is 40.6. The molecule has 4 N–H and O–H groups in total. The average Bonchev–Trinajstić information content (AvgIpc) is 1.62. The van der Waals surface area contributed by atoms with Gasteiger partial charge in [-0.25, -0.2) is 9.59 Å². The number of carbonyl (C=O) groups is 4. The summed E-state index contributed by atoms with van der Waals surface area (Å²) in [5.41, 5.74) is 4.87. The van der Waals surface area contributed by atoms with Gasteiger partial charge in [0, 0.05) is 105 Å². The first kappa shape index (κ1) is 91.9. The van der Waals surface area contributed by atoms with Crippen LogP contribution in [0.4, 0.5) is 39.5 Å². The van der Waals surface area contributed by atoms with Gasteiger partial charge in [-0.3, -0.25) is 9.59 Å². The highest BCUT2D eigenvalue weighted by atomic mass is 35.5. The summed E-state index contributed by atoms with van der Waals surface area (Å²) in [5, 5.41) is 50.4. The second-order valence-corrected chi connectivity index (χ2v) is 30.5. The molecule has 0 atom stereocenters. The number of benzene rings is 8. The molecule has 0 radical (unpaired) electrons. The minimum atomic E-state index is -4.60. The van der Waals surface area contributed by atoms with Crippen molar-refractivity contribution in [3.8, 4) is 34.5 Å². The van der Waals surface area contributed by atoms with Crippen molar-refractivity contribution in [2.75, 3.05) is 33.5 Å². The molecule has 0 unspecified atom stereocenters. The van der Waals surface area contributed by atoms with Crippen molar-refractivity contribution in [3.05, 3.63) is 231 Å². The predicted molar refractivity (Wildman–Crippen MR) is 452 cm³/mol. The molecule has 0 aliphatic heterocycles. The highest BCUT2D eigenvalue weighted by molar-refractivity contribution is 6.30. The van der Waals surface area contributed by atoms with Crippen molar-refractivity contribution >= 4 is 112 Å². The predicted octanol–water partition coefficient (Wildman–Crippen LogP) is 21.9. The van der Waals surface area contributed by atoms with Crippen LogP contribution >= 0.6 is 11.6 Å². The molecule has 0 saturated heterocycles. The Morgan fingerprint density at radius 2 is 0.992 bits per heavy atom. The highest BCUT2D eigenvalue weighted by Gasteiger charge is 2.41. The lowest BCUT2D eigenvalue weighted by molar-refractivity contribution is -0.152. The first-order valence-electron chi connectivity index (χ1n) is 40.3. The van der Waals surface area contributed by atoms with E-state index >= 15 is 0 Å². The SMILES string of the molecule is CC(C)(Oc1cccc2c1ccn2Cc1ccc(Cl)cc1)C(=O)O.CCCc1c(OCCCn2c(C)c(CC(=O)O)c3cc(OC)ccc32)ccc2c(C(F)(F)F)noc12.CCCc1c(OCCCn2ccc3ccc(OCC(=O)O)cc32)ccc2c(C(F)(F)F)noc12.CCCc1c(OCCc2cn(CC(=O)O)c3ccccc23)ccc2c(C(F)(F)F)noc12. The molecule has 7 heterocycles. The third-order valence-electron chi connectivity index (χ3n) is 20.8. The van der Waals surface area contributed by atoms with Gasteiger partial charge in [0.05, 0.1) is 60.5 Å². The molecule has 0 bridgehead atoms. The number of aromatic nitrogens is 7. The first-order chi connectivity index (χ1) is 60.1. The second-order valence-electron chi connectivity index (χ2n) is 30.0. The zero-order valence-electron chi connectivity index (χ0n) is 69.4. The Hall–Kier alpha value is -13.3. The Bertz CT molecular complexity index is 6390. The second kappa shape index (κ2) is 39.7. The maximum absolute atomic E-state index is 13.2. The van der Waals surface area contributed by atoms with Crippen molar-refractivity contribution < 1.29 is 121 Å². The lowest BCUT2D eigenvalue weighted by atomic mass is 10.0. The number of hydrogen-bond acceptors (Lipinski definition) is 16. The van der Waals surface area contributed by atoms with E-state index in [-0.39, 0.29) is 52.5 Å². The molecule has 0 aliphatic carbocycles. The lowest BCUT2D eigenvalue weighted by Gasteiger charge is -2.22. The Labute approximate surface area is 719 Å². The molecule has 664 valence electrons. The summed E-state index contributed by atoms with van der Waals surface area (Å²) in [6.45, 7) is 13.0. The molecule has 0 fully saturated rings. The zero-order valence-corrected chi connectivity index (χ0v) is 70.2. The largest absolute Gasteiger partial charge is 0.497 e. The van der Waals surface area contributed by atoms with Crippen LogP contribution in [0.2, 0.25) is 5.02 Å². The van der Waals surface area contributed by atoms with Crippen molar-refractivity contribution in [3.63, 3.8) is 0 Å². The van der Waals surface area contributed by atoms with Crippen LogP contribution in [0.25, 0.3) is 76.5 Å². The molecule has 0 spiro atoms. The molecule has 126 heavy (non-hydrogen) atoms. The molecule has 8 aromatic carbocycles. The maximum Gasteiger partial charge on any atom is 0.437 e. The maximum atomic E-state index is 13.2. The van der Waals surface area contributed by atoms with Gasteiger partial charge >= 0.3 is 42.4 Å². The van der Waals surface area contributed by atoms with Crippen molar-refractivity contribution in [1.29, 1.82) is 0 Å². The number of fused-ring (bicyclic) bond motifs is 7. The number of ether oxygens (including phenoxy) is 6. The number of carboxylic acids is 4. The van der Waals surface area contributed by atoms with E-state index in [4.69, 9.17) is 63.8 Å². The van der Waals surface area contributed by atoms with Crippen molar-refractivity contribution in [2.45, 2.75) is 156 Å². The molecular weight excluding hydrogens is 1680 g/mol.